The zero-order valence-corrected chi connectivity index (χ0v) is 12.4. The van der Waals surface area contributed by atoms with Crippen LogP contribution in [-0.2, 0) is 9.47 Å². The number of hydrogen-bond acceptors (Lipinski definition) is 6. The number of rotatable bonds is 2. The lowest BCUT2D eigenvalue weighted by Gasteiger charge is -2.38. The van der Waals surface area contributed by atoms with Gasteiger partial charge in [-0.05, 0) is 26.7 Å². The molecule has 1 saturated heterocycles. The van der Waals surface area contributed by atoms with Crippen LogP contribution in [0.5, 0.6) is 0 Å². The van der Waals surface area contributed by atoms with Gasteiger partial charge in [-0.2, -0.15) is 5.10 Å². The van der Waals surface area contributed by atoms with E-state index in [4.69, 9.17) is 9.47 Å². The molecule has 0 unspecified atom stereocenters. The maximum absolute atomic E-state index is 5.77. The van der Waals surface area contributed by atoms with Gasteiger partial charge < -0.3 is 14.4 Å². The molecular weight excluding hydrogens is 256 g/mol. The molecule has 2 heterocycles. The van der Waals surface area contributed by atoms with Crippen molar-refractivity contribution < 1.29 is 9.47 Å². The van der Waals surface area contributed by atoms with E-state index in [-0.39, 0.29) is 5.79 Å². The Morgan fingerprint density at radius 3 is 2.30 bits per heavy atom. The largest absolute Gasteiger partial charge is 0.348 e. The topological polar surface area (TPSA) is 60.4 Å². The van der Waals surface area contributed by atoms with Crippen molar-refractivity contribution in [3.8, 4) is 0 Å². The van der Waals surface area contributed by atoms with Gasteiger partial charge in [0.1, 0.15) is 0 Å². The molecule has 110 valence electrons. The third kappa shape index (κ3) is 2.50. The van der Waals surface area contributed by atoms with Gasteiger partial charge in [0.2, 0.25) is 5.95 Å². The maximum Gasteiger partial charge on any atom is 0.245 e. The molecule has 1 aromatic rings. The first-order chi connectivity index (χ1) is 9.60. The summed E-state index contributed by atoms with van der Waals surface area (Å²) in [4.78, 5) is 6.67. The molecule has 0 atom stereocenters. The Kier molecular flexibility index (Phi) is 3.60. The van der Waals surface area contributed by atoms with E-state index >= 15 is 0 Å². The Bertz CT molecular complexity index is 478. The SMILES string of the molecule is Cc1nnc(N(C)C2CCC3(CC2)OCCO3)nc1C. The second-order valence-corrected chi connectivity index (χ2v) is 5.73. The number of hydrogen-bond donors (Lipinski definition) is 0. The van der Waals surface area contributed by atoms with E-state index in [2.05, 4.69) is 20.1 Å². The Labute approximate surface area is 119 Å². The van der Waals surface area contributed by atoms with Crippen LogP contribution in [0.1, 0.15) is 37.1 Å². The Morgan fingerprint density at radius 1 is 1.05 bits per heavy atom. The molecule has 1 aliphatic carbocycles. The third-order valence-electron chi connectivity index (χ3n) is 4.47. The smallest absolute Gasteiger partial charge is 0.245 e. The molecule has 2 fully saturated rings. The predicted octanol–water partition coefficient (Wildman–Crippen LogP) is 1.61. The Hall–Kier alpha value is -1.27. The molecule has 0 radical (unpaired) electrons. The number of nitrogens with zero attached hydrogens (tertiary/aromatic N) is 4. The molecule has 0 aromatic carbocycles. The van der Waals surface area contributed by atoms with Crippen molar-refractivity contribution >= 4 is 5.95 Å². The van der Waals surface area contributed by atoms with Gasteiger partial charge in [-0.1, -0.05) is 0 Å². The van der Waals surface area contributed by atoms with Crippen molar-refractivity contribution in [2.75, 3.05) is 25.2 Å². The first-order valence-corrected chi connectivity index (χ1v) is 7.28. The fourth-order valence-electron chi connectivity index (χ4n) is 2.97. The number of anilines is 1. The van der Waals surface area contributed by atoms with Gasteiger partial charge in [0.05, 0.1) is 24.6 Å². The van der Waals surface area contributed by atoms with E-state index in [1.165, 1.54) is 0 Å². The van der Waals surface area contributed by atoms with E-state index in [1.54, 1.807) is 0 Å². The average Bonchev–Trinajstić information content (AvgIpc) is 2.90. The van der Waals surface area contributed by atoms with Gasteiger partial charge in [-0.3, -0.25) is 0 Å². The van der Waals surface area contributed by atoms with Crippen LogP contribution in [-0.4, -0.2) is 47.3 Å². The van der Waals surface area contributed by atoms with Crippen LogP contribution in [0, 0.1) is 13.8 Å². The van der Waals surface area contributed by atoms with Gasteiger partial charge in [0.25, 0.3) is 0 Å². The zero-order chi connectivity index (χ0) is 14.2. The van der Waals surface area contributed by atoms with Crippen LogP contribution in [0.3, 0.4) is 0 Å². The van der Waals surface area contributed by atoms with Crippen molar-refractivity contribution in [2.45, 2.75) is 51.4 Å². The van der Waals surface area contributed by atoms with Crippen molar-refractivity contribution in [1.29, 1.82) is 0 Å². The monoisotopic (exact) mass is 278 g/mol. The van der Waals surface area contributed by atoms with Crippen molar-refractivity contribution in [3.63, 3.8) is 0 Å². The van der Waals surface area contributed by atoms with Gasteiger partial charge in [-0.25, -0.2) is 4.98 Å². The number of ether oxygens (including phenoxy) is 2. The second kappa shape index (κ2) is 5.26. The normalized spacial score (nSPS) is 22.4. The summed E-state index contributed by atoms with van der Waals surface area (Å²) in [5.74, 6) is 0.405. The van der Waals surface area contributed by atoms with E-state index in [9.17, 15) is 0 Å². The van der Waals surface area contributed by atoms with Crippen LogP contribution in [0.4, 0.5) is 5.95 Å². The Balaban J connectivity index is 1.66. The molecule has 1 aliphatic heterocycles. The molecule has 3 rings (SSSR count). The standard InChI is InChI=1S/C14H22N4O2/c1-10-11(2)16-17-13(15-10)18(3)12-4-6-14(7-5-12)19-8-9-20-14/h12H,4-9H2,1-3H3. The molecule has 1 aromatic heterocycles. The molecule has 0 N–H and O–H groups in total. The van der Waals surface area contributed by atoms with Crippen molar-refractivity contribution in [1.82, 2.24) is 15.2 Å². The van der Waals surface area contributed by atoms with Gasteiger partial charge >= 0.3 is 0 Å². The Morgan fingerprint density at radius 2 is 1.70 bits per heavy atom. The summed E-state index contributed by atoms with van der Waals surface area (Å²) in [5, 5.41) is 8.37. The first kappa shape index (κ1) is 13.7. The van der Waals surface area contributed by atoms with E-state index < -0.39 is 0 Å². The van der Waals surface area contributed by atoms with Gasteiger partial charge in [0.15, 0.2) is 5.79 Å². The highest BCUT2D eigenvalue weighted by atomic mass is 16.7. The fraction of sp³-hybridized carbons (Fsp3) is 0.786. The minimum absolute atomic E-state index is 0.306. The molecule has 6 heteroatoms. The zero-order valence-electron chi connectivity index (χ0n) is 12.4. The predicted molar refractivity (Wildman–Crippen MR) is 74.6 cm³/mol. The number of aryl methyl sites for hydroxylation is 2. The summed E-state index contributed by atoms with van der Waals surface area (Å²) in [6.07, 6.45) is 3.96. The summed E-state index contributed by atoms with van der Waals surface area (Å²) in [7, 11) is 2.05. The summed E-state index contributed by atoms with van der Waals surface area (Å²) in [5.41, 5.74) is 1.83. The van der Waals surface area contributed by atoms with Gasteiger partial charge in [-0.15, -0.1) is 5.10 Å². The van der Waals surface area contributed by atoms with E-state index in [1.807, 2.05) is 20.9 Å². The summed E-state index contributed by atoms with van der Waals surface area (Å²) in [6.45, 7) is 5.35. The fourth-order valence-corrected chi connectivity index (χ4v) is 2.97. The van der Waals surface area contributed by atoms with Crippen LogP contribution >= 0.6 is 0 Å². The molecule has 20 heavy (non-hydrogen) atoms. The highest BCUT2D eigenvalue weighted by Gasteiger charge is 2.41. The highest BCUT2D eigenvalue weighted by Crippen LogP contribution is 2.37. The second-order valence-electron chi connectivity index (χ2n) is 5.73. The number of aromatic nitrogens is 3. The highest BCUT2D eigenvalue weighted by molar-refractivity contribution is 5.30. The van der Waals surface area contributed by atoms with E-state index in [0.29, 0.717) is 12.0 Å². The molecular formula is C14H22N4O2. The first-order valence-electron chi connectivity index (χ1n) is 7.28. The third-order valence-corrected chi connectivity index (χ3v) is 4.47. The molecule has 0 amide bonds. The van der Waals surface area contributed by atoms with Crippen molar-refractivity contribution in [2.24, 2.45) is 0 Å². The lowest BCUT2D eigenvalue weighted by molar-refractivity contribution is -0.178. The van der Waals surface area contributed by atoms with Crippen LogP contribution in [0.15, 0.2) is 0 Å². The molecule has 1 spiro atoms. The minimum atomic E-state index is -0.306. The van der Waals surface area contributed by atoms with Crippen LogP contribution in [0.25, 0.3) is 0 Å². The quantitative estimate of drug-likeness (QED) is 0.819. The molecule has 6 nitrogen and oxygen atoms in total. The summed E-state index contributed by atoms with van der Waals surface area (Å²) < 4.78 is 11.5. The van der Waals surface area contributed by atoms with Crippen molar-refractivity contribution in [3.05, 3.63) is 11.4 Å². The van der Waals surface area contributed by atoms with E-state index in [0.717, 1.165) is 50.3 Å². The summed E-state index contributed by atoms with van der Waals surface area (Å²) in [6, 6.07) is 0.428. The average molecular weight is 278 g/mol. The minimum Gasteiger partial charge on any atom is -0.348 e. The summed E-state index contributed by atoms with van der Waals surface area (Å²) >= 11 is 0. The molecule has 1 saturated carbocycles. The van der Waals surface area contributed by atoms with Crippen LogP contribution < -0.4 is 4.90 Å². The molecule has 0 bridgehead atoms. The molecule has 2 aliphatic rings. The van der Waals surface area contributed by atoms with Crippen LogP contribution in [0.2, 0.25) is 0 Å². The lowest BCUT2D eigenvalue weighted by Crippen LogP contribution is -2.43. The maximum atomic E-state index is 5.77. The lowest BCUT2D eigenvalue weighted by atomic mass is 9.89. The van der Waals surface area contributed by atoms with Gasteiger partial charge in [0, 0.05) is 25.9 Å².